The van der Waals surface area contributed by atoms with E-state index in [1.807, 2.05) is 13.8 Å². The lowest BCUT2D eigenvalue weighted by molar-refractivity contribution is -0.145. The predicted molar refractivity (Wildman–Crippen MR) is 98.9 cm³/mol. The predicted octanol–water partition coefficient (Wildman–Crippen LogP) is 0.908. The van der Waals surface area contributed by atoms with Crippen LogP contribution in [0.25, 0.3) is 0 Å². The second-order valence-corrected chi connectivity index (χ2v) is 5.76. The molecule has 0 aliphatic rings. The van der Waals surface area contributed by atoms with Crippen molar-refractivity contribution >= 4 is 23.9 Å². The van der Waals surface area contributed by atoms with E-state index < -0.39 is 11.8 Å². The van der Waals surface area contributed by atoms with E-state index in [0.29, 0.717) is 24.4 Å². The normalized spacial score (nSPS) is 10.7. The van der Waals surface area contributed by atoms with Crippen molar-refractivity contribution in [3.8, 4) is 5.75 Å². The summed E-state index contributed by atoms with van der Waals surface area (Å²) in [5, 5.41) is 6.51. The molecular weight excluding hydrogens is 336 g/mol. The number of nitrogens with zero attached hydrogens (tertiary/aromatic N) is 2. The molecule has 142 valence electrons. The maximum atomic E-state index is 11.8. The average molecular weight is 362 g/mol. The summed E-state index contributed by atoms with van der Waals surface area (Å²) >= 11 is 0. The molecule has 0 saturated heterocycles. The zero-order valence-corrected chi connectivity index (χ0v) is 15.6. The Morgan fingerprint density at radius 2 is 1.77 bits per heavy atom. The van der Waals surface area contributed by atoms with Gasteiger partial charge in [0.1, 0.15) is 5.75 Å². The first-order valence-corrected chi connectivity index (χ1v) is 8.51. The van der Waals surface area contributed by atoms with Crippen LogP contribution in [0.4, 0.5) is 0 Å². The summed E-state index contributed by atoms with van der Waals surface area (Å²) in [5.41, 5.74) is 2.92. The first kappa shape index (κ1) is 21.1. The summed E-state index contributed by atoms with van der Waals surface area (Å²) in [4.78, 5) is 36.4. The zero-order valence-electron chi connectivity index (χ0n) is 15.6. The van der Waals surface area contributed by atoms with Crippen LogP contribution in [0.15, 0.2) is 29.4 Å². The Labute approximate surface area is 153 Å². The number of hydrogen-bond acceptors (Lipinski definition) is 5. The number of carbonyl (C=O) groups is 3. The SMILES string of the molecule is CCN(CC)C(=O)C(=O)N/N=C\c1ccc(OCC(=O)NC(C)C)cc1. The highest BCUT2D eigenvalue weighted by atomic mass is 16.5. The second kappa shape index (κ2) is 10.9. The van der Waals surface area contributed by atoms with Crippen LogP contribution in [0.1, 0.15) is 33.3 Å². The van der Waals surface area contributed by atoms with Gasteiger partial charge >= 0.3 is 11.8 Å². The molecule has 0 fully saturated rings. The van der Waals surface area contributed by atoms with Gasteiger partial charge in [-0.3, -0.25) is 14.4 Å². The summed E-state index contributed by atoms with van der Waals surface area (Å²) < 4.78 is 5.37. The Morgan fingerprint density at radius 3 is 2.31 bits per heavy atom. The van der Waals surface area contributed by atoms with E-state index >= 15 is 0 Å². The quantitative estimate of drug-likeness (QED) is 0.408. The summed E-state index contributed by atoms with van der Waals surface area (Å²) in [6.07, 6.45) is 1.42. The third kappa shape index (κ3) is 7.33. The molecular formula is C18H26N4O4. The lowest BCUT2D eigenvalue weighted by Gasteiger charge is -2.16. The molecule has 8 nitrogen and oxygen atoms in total. The van der Waals surface area contributed by atoms with Gasteiger partial charge in [0.25, 0.3) is 5.91 Å². The van der Waals surface area contributed by atoms with Gasteiger partial charge in [-0.1, -0.05) is 0 Å². The van der Waals surface area contributed by atoms with Gasteiger partial charge in [0.2, 0.25) is 0 Å². The van der Waals surface area contributed by atoms with Crippen LogP contribution < -0.4 is 15.5 Å². The van der Waals surface area contributed by atoms with Crippen LogP contribution in [-0.4, -0.2) is 54.6 Å². The van der Waals surface area contributed by atoms with E-state index in [-0.39, 0.29) is 18.6 Å². The minimum absolute atomic E-state index is 0.0604. The van der Waals surface area contributed by atoms with Crippen molar-refractivity contribution in [3.63, 3.8) is 0 Å². The number of hydrogen-bond donors (Lipinski definition) is 2. The van der Waals surface area contributed by atoms with E-state index in [0.717, 1.165) is 0 Å². The van der Waals surface area contributed by atoms with E-state index in [4.69, 9.17) is 4.74 Å². The van der Waals surface area contributed by atoms with Crippen LogP contribution >= 0.6 is 0 Å². The van der Waals surface area contributed by atoms with Crippen molar-refractivity contribution in [2.75, 3.05) is 19.7 Å². The fourth-order valence-corrected chi connectivity index (χ4v) is 2.03. The maximum absolute atomic E-state index is 11.8. The first-order valence-electron chi connectivity index (χ1n) is 8.51. The molecule has 0 unspecified atom stereocenters. The molecule has 8 heteroatoms. The number of rotatable bonds is 8. The van der Waals surface area contributed by atoms with Gasteiger partial charge in [-0.2, -0.15) is 5.10 Å². The Bertz CT molecular complexity index is 637. The molecule has 0 saturated carbocycles. The van der Waals surface area contributed by atoms with Gasteiger partial charge in [-0.05, 0) is 57.5 Å². The summed E-state index contributed by atoms with van der Waals surface area (Å²) in [7, 11) is 0. The van der Waals surface area contributed by atoms with Crippen LogP contribution in [0.5, 0.6) is 5.75 Å². The Morgan fingerprint density at radius 1 is 1.15 bits per heavy atom. The molecule has 26 heavy (non-hydrogen) atoms. The summed E-state index contributed by atoms with van der Waals surface area (Å²) in [5.74, 6) is -1.04. The highest BCUT2D eigenvalue weighted by molar-refractivity contribution is 6.34. The highest BCUT2D eigenvalue weighted by Gasteiger charge is 2.18. The largest absolute Gasteiger partial charge is 0.484 e. The van der Waals surface area contributed by atoms with Crippen molar-refractivity contribution in [3.05, 3.63) is 29.8 Å². The number of amides is 3. The Hall–Kier alpha value is -2.90. The fraction of sp³-hybridized carbons (Fsp3) is 0.444. The molecule has 0 heterocycles. The molecule has 1 aromatic rings. The lowest BCUT2D eigenvalue weighted by atomic mass is 10.2. The standard InChI is InChI=1S/C18H26N4O4/c1-5-22(6-2)18(25)17(24)21-19-11-14-7-9-15(10-8-14)26-12-16(23)20-13(3)4/h7-11,13H,5-6,12H2,1-4H3,(H,20,23)(H,21,24)/b19-11-. The Kier molecular flexibility index (Phi) is 8.83. The van der Waals surface area contributed by atoms with Crippen LogP contribution in [0.3, 0.4) is 0 Å². The molecule has 0 aliphatic heterocycles. The summed E-state index contributed by atoms with van der Waals surface area (Å²) in [6.45, 7) is 8.21. The van der Waals surface area contributed by atoms with Gasteiger partial charge in [-0.25, -0.2) is 5.43 Å². The van der Waals surface area contributed by atoms with Crippen molar-refractivity contribution in [1.82, 2.24) is 15.6 Å². The molecule has 1 aromatic carbocycles. The van der Waals surface area contributed by atoms with Gasteiger partial charge in [0, 0.05) is 19.1 Å². The number of carbonyl (C=O) groups excluding carboxylic acids is 3. The van der Waals surface area contributed by atoms with Crippen LogP contribution in [0.2, 0.25) is 0 Å². The van der Waals surface area contributed by atoms with Gasteiger partial charge in [0.05, 0.1) is 6.21 Å². The minimum atomic E-state index is -0.777. The van der Waals surface area contributed by atoms with Crippen LogP contribution in [0, 0.1) is 0 Å². The minimum Gasteiger partial charge on any atom is -0.484 e. The molecule has 3 amide bonds. The molecule has 0 aromatic heterocycles. The summed E-state index contributed by atoms with van der Waals surface area (Å²) in [6, 6.07) is 6.88. The second-order valence-electron chi connectivity index (χ2n) is 5.76. The number of nitrogens with one attached hydrogen (secondary N) is 2. The number of likely N-dealkylation sites (N-methyl/N-ethyl adjacent to an activating group) is 1. The molecule has 0 aliphatic carbocycles. The van der Waals surface area contributed by atoms with Crippen molar-refractivity contribution in [2.45, 2.75) is 33.7 Å². The molecule has 1 rings (SSSR count). The molecule has 0 atom stereocenters. The molecule has 2 N–H and O–H groups in total. The topological polar surface area (TPSA) is 100 Å². The van der Waals surface area contributed by atoms with Gasteiger partial charge in [-0.15, -0.1) is 0 Å². The fourth-order valence-electron chi connectivity index (χ4n) is 2.03. The van der Waals surface area contributed by atoms with Crippen molar-refractivity contribution in [1.29, 1.82) is 0 Å². The molecule has 0 spiro atoms. The zero-order chi connectivity index (χ0) is 19.5. The number of benzene rings is 1. The van der Waals surface area contributed by atoms with E-state index in [9.17, 15) is 14.4 Å². The Balaban J connectivity index is 2.49. The molecule has 0 bridgehead atoms. The van der Waals surface area contributed by atoms with E-state index in [1.165, 1.54) is 11.1 Å². The van der Waals surface area contributed by atoms with E-state index in [2.05, 4.69) is 15.8 Å². The molecule has 0 radical (unpaired) electrons. The van der Waals surface area contributed by atoms with Crippen molar-refractivity contribution < 1.29 is 19.1 Å². The van der Waals surface area contributed by atoms with Crippen LogP contribution in [-0.2, 0) is 14.4 Å². The lowest BCUT2D eigenvalue weighted by Crippen LogP contribution is -2.41. The third-order valence-electron chi connectivity index (χ3n) is 3.32. The van der Waals surface area contributed by atoms with Gasteiger partial charge in [0.15, 0.2) is 6.61 Å². The smallest absolute Gasteiger partial charge is 0.329 e. The van der Waals surface area contributed by atoms with Crippen molar-refractivity contribution in [2.24, 2.45) is 5.10 Å². The first-order chi connectivity index (χ1) is 12.4. The number of hydrazone groups is 1. The third-order valence-corrected chi connectivity index (χ3v) is 3.32. The average Bonchev–Trinajstić information content (AvgIpc) is 2.61. The van der Waals surface area contributed by atoms with Gasteiger partial charge < -0.3 is 15.0 Å². The monoisotopic (exact) mass is 362 g/mol. The number of ether oxygens (including phenoxy) is 1. The highest BCUT2D eigenvalue weighted by Crippen LogP contribution is 2.10. The maximum Gasteiger partial charge on any atom is 0.329 e. The van der Waals surface area contributed by atoms with E-state index in [1.54, 1.807) is 38.1 Å².